The van der Waals surface area contributed by atoms with E-state index in [9.17, 15) is 4.79 Å². The summed E-state index contributed by atoms with van der Waals surface area (Å²) in [7, 11) is 0. The van der Waals surface area contributed by atoms with E-state index in [-0.39, 0.29) is 18.6 Å². The van der Waals surface area contributed by atoms with Gasteiger partial charge in [0, 0.05) is 10.5 Å². The van der Waals surface area contributed by atoms with Gasteiger partial charge in [-0.15, -0.1) is 0 Å². The van der Waals surface area contributed by atoms with Gasteiger partial charge in [-0.3, -0.25) is 4.79 Å². The Morgan fingerprint density at radius 2 is 1.92 bits per heavy atom. The quantitative estimate of drug-likeness (QED) is 0.847. The largest absolute Gasteiger partial charge is 0.485 e. The molecule has 5 heteroatoms. The van der Waals surface area contributed by atoms with Crippen LogP contribution in [0.2, 0.25) is 0 Å². The first-order valence-corrected chi connectivity index (χ1v) is 8.84. The summed E-state index contributed by atoms with van der Waals surface area (Å²) in [5.74, 6) is 1.17. The standard InChI is InChI=1S/C19H20BrNO3/c1-13(6-7-14-8-10-15(20)11-9-14)21-19(22)18-12-23-16-4-2-3-5-17(16)24-18/h2-5,8-11,13,18H,6-7,12H2,1H3,(H,21,22)/t13-,18-/m1/s1. The highest BCUT2D eigenvalue weighted by molar-refractivity contribution is 9.10. The van der Waals surface area contributed by atoms with E-state index in [0.29, 0.717) is 11.5 Å². The summed E-state index contributed by atoms with van der Waals surface area (Å²) in [6.45, 7) is 2.25. The number of amides is 1. The average Bonchev–Trinajstić information content (AvgIpc) is 2.61. The number of carbonyl (C=O) groups is 1. The molecule has 0 saturated carbocycles. The maximum Gasteiger partial charge on any atom is 0.264 e. The van der Waals surface area contributed by atoms with E-state index < -0.39 is 6.10 Å². The number of para-hydroxylation sites is 2. The molecular formula is C19H20BrNO3. The van der Waals surface area contributed by atoms with Crippen LogP contribution in [0, 0.1) is 0 Å². The first-order chi connectivity index (χ1) is 11.6. The lowest BCUT2D eigenvalue weighted by Crippen LogP contribution is -2.47. The van der Waals surface area contributed by atoms with Crippen molar-refractivity contribution in [1.29, 1.82) is 0 Å². The van der Waals surface area contributed by atoms with Gasteiger partial charge in [-0.1, -0.05) is 40.2 Å². The van der Waals surface area contributed by atoms with Crippen LogP contribution in [-0.2, 0) is 11.2 Å². The lowest BCUT2D eigenvalue weighted by Gasteiger charge is -2.26. The van der Waals surface area contributed by atoms with Gasteiger partial charge in [0.25, 0.3) is 5.91 Å². The van der Waals surface area contributed by atoms with Crippen LogP contribution in [0.15, 0.2) is 53.0 Å². The highest BCUT2D eigenvalue weighted by Crippen LogP contribution is 2.30. The second-order valence-corrected chi connectivity index (χ2v) is 6.85. The van der Waals surface area contributed by atoms with Gasteiger partial charge in [0.2, 0.25) is 6.10 Å². The van der Waals surface area contributed by atoms with Crippen molar-refractivity contribution in [3.63, 3.8) is 0 Å². The zero-order valence-corrected chi connectivity index (χ0v) is 15.1. The Kier molecular flexibility index (Phi) is 5.41. The predicted octanol–water partition coefficient (Wildman–Crippen LogP) is 3.73. The lowest BCUT2D eigenvalue weighted by atomic mass is 10.1. The van der Waals surface area contributed by atoms with Gasteiger partial charge in [0.05, 0.1) is 0 Å². The molecule has 3 rings (SSSR count). The molecule has 24 heavy (non-hydrogen) atoms. The smallest absolute Gasteiger partial charge is 0.264 e. The molecule has 1 aliphatic heterocycles. The number of carbonyl (C=O) groups excluding carboxylic acids is 1. The van der Waals surface area contributed by atoms with E-state index in [4.69, 9.17) is 9.47 Å². The van der Waals surface area contributed by atoms with Gasteiger partial charge in [-0.25, -0.2) is 0 Å². The summed E-state index contributed by atoms with van der Waals surface area (Å²) in [5, 5.41) is 3.01. The monoisotopic (exact) mass is 389 g/mol. The van der Waals surface area contributed by atoms with Crippen molar-refractivity contribution in [2.75, 3.05) is 6.61 Å². The topological polar surface area (TPSA) is 47.6 Å². The Morgan fingerprint density at radius 3 is 2.67 bits per heavy atom. The van der Waals surface area contributed by atoms with Crippen LogP contribution >= 0.6 is 15.9 Å². The van der Waals surface area contributed by atoms with Crippen LogP contribution in [0.4, 0.5) is 0 Å². The van der Waals surface area contributed by atoms with E-state index in [1.165, 1.54) is 5.56 Å². The number of ether oxygens (including phenoxy) is 2. The second kappa shape index (κ2) is 7.71. The number of hydrogen-bond acceptors (Lipinski definition) is 3. The molecule has 2 aromatic carbocycles. The third-order valence-electron chi connectivity index (χ3n) is 3.97. The van der Waals surface area contributed by atoms with Crippen molar-refractivity contribution in [1.82, 2.24) is 5.32 Å². The molecule has 0 aromatic heterocycles. The first kappa shape index (κ1) is 16.8. The Labute approximate surface area is 150 Å². The van der Waals surface area contributed by atoms with E-state index >= 15 is 0 Å². The number of aryl methyl sites for hydroxylation is 1. The molecule has 0 saturated heterocycles. The molecule has 0 spiro atoms. The molecule has 1 heterocycles. The average molecular weight is 390 g/mol. The summed E-state index contributed by atoms with van der Waals surface area (Å²) in [4.78, 5) is 12.4. The number of benzene rings is 2. The van der Waals surface area contributed by atoms with Crippen molar-refractivity contribution in [2.45, 2.75) is 31.9 Å². The van der Waals surface area contributed by atoms with Crippen LogP contribution in [0.1, 0.15) is 18.9 Å². The van der Waals surface area contributed by atoms with Crippen molar-refractivity contribution in [2.24, 2.45) is 0 Å². The van der Waals surface area contributed by atoms with Crippen LogP contribution in [-0.4, -0.2) is 24.7 Å². The fraction of sp³-hybridized carbons (Fsp3) is 0.316. The third-order valence-corrected chi connectivity index (χ3v) is 4.50. The molecule has 2 atom stereocenters. The molecular weight excluding hydrogens is 370 g/mol. The van der Waals surface area contributed by atoms with Crippen molar-refractivity contribution < 1.29 is 14.3 Å². The van der Waals surface area contributed by atoms with Gasteiger partial charge >= 0.3 is 0 Å². The maximum atomic E-state index is 12.4. The molecule has 1 N–H and O–H groups in total. The van der Waals surface area contributed by atoms with Crippen molar-refractivity contribution in [3.8, 4) is 11.5 Å². The molecule has 4 nitrogen and oxygen atoms in total. The van der Waals surface area contributed by atoms with Gasteiger partial charge in [-0.05, 0) is 49.6 Å². The highest BCUT2D eigenvalue weighted by Gasteiger charge is 2.27. The van der Waals surface area contributed by atoms with E-state index in [2.05, 4.69) is 33.4 Å². The van der Waals surface area contributed by atoms with Gasteiger partial charge < -0.3 is 14.8 Å². The van der Waals surface area contributed by atoms with Gasteiger partial charge in [-0.2, -0.15) is 0 Å². The summed E-state index contributed by atoms with van der Waals surface area (Å²) >= 11 is 3.43. The molecule has 0 bridgehead atoms. The molecule has 1 aliphatic rings. The van der Waals surface area contributed by atoms with Gasteiger partial charge in [0.1, 0.15) is 6.61 Å². The summed E-state index contributed by atoms with van der Waals surface area (Å²) < 4.78 is 12.4. The Balaban J connectivity index is 1.49. The first-order valence-electron chi connectivity index (χ1n) is 8.05. The summed E-state index contributed by atoms with van der Waals surface area (Å²) in [5.41, 5.74) is 1.26. The Bertz CT molecular complexity index is 702. The van der Waals surface area contributed by atoms with E-state index in [0.717, 1.165) is 17.3 Å². The van der Waals surface area contributed by atoms with Crippen LogP contribution in [0.3, 0.4) is 0 Å². The van der Waals surface area contributed by atoms with Gasteiger partial charge in [0.15, 0.2) is 11.5 Å². The number of hydrogen-bond donors (Lipinski definition) is 1. The number of rotatable bonds is 5. The SMILES string of the molecule is C[C@H](CCc1ccc(Br)cc1)NC(=O)[C@H]1COc2ccccc2O1. The molecule has 2 aromatic rings. The summed E-state index contributed by atoms with van der Waals surface area (Å²) in [6, 6.07) is 15.7. The Morgan fingerprint density at radius 1 is 1.21 bits per heavy atom. The predicted molar refractivity (Wildman–Crippen MR) is 96.4 cm³/mol. The third kappa shape index (κ3) is 4.29. The molecule has 1 amide bonds. The van der Waals surface area contributed by atoms with Crippen molar-refractivity contribution in [3.05, 3.63) is 58.6 Å². The zero-order valence-electron chi connectivity index (χ0n) is 13.5. The second-order valence-electron chi connectivity index (χ2n) is 5.94. The molecule has 0 unspecified atom stereocenters. The van der Waals surface area contributed by atoms with Crippen LogP contribution in [0.25, 0.3) is 0 Å². The van der Waals surface area contributed by atoms with Crippen molar-refractivity contribution >= 4 is 21.8 Å². The fourth-order valence-corrected chi connectivity index (χ4v) is 2.86. The molecule has 0 radical (unpaired) electrons. The summed E-state index contributed by atoms with van der Waals surface area (Å²) in [6.07, 6.45) is 1.19. The highest BCUT2D eigenvalue weighted by atomic mass is 79.9. The van der Waals surface area contributed by atoms with E-state index in [1.807, 2.05) is 43.3 Å². The maximum absolute atomic E-state index is 12.4. The Hall–Kier alpha value is -2.01. The number of nitrogens with one attached hydrogen (secondary N) is 1. The number of fused-ring (bicyclic) bond motifs is 1. The normalized spacial score (nSPS) is 17.2. The minimum atomic E-state index is -0.602. The van der Waals surface area contributed by atoms with Crippen LogP contribution in [0.5, 0.6) is 11.5 Å². The van der Waals surface area contributed by atoms with E-state index in [1.54, 1.807) is 0 Å². The minimum absolute atomic E-state index is 0.0712. The minimum Gasteiger partial charge on any atom is -0.485 e. The molecule has 0 aliphatic carbocycles. The lowest BCUT2D eigenvalue weighted by molar-refractivity contribution is -0.131. The number of halogens is 1. The fourth-order valence-electron chi connectivity index (χ4n) is 2.59. The zero-order chi connectivity index (χ0) is 16.9. The molecule has 126 valence electrons. The molecule has 0 fully saturated rings. The van der Waals surface area contributed by atoms with Crippen LogP contribution < -0.4 is 14.8 Å².